The fraction of sp³-hybridized carbons (Fsp3) is 0.304. The van der Waals surface area contributed by atoms with Gasteiger partial charge >= 0.3 is 0 Å². The molecule has 0 atom stereocenters. The van der Waals surface area contributed by atoms with E-state index in [2.05, 4.69) is 15.4 Å². The van der Waals surface area contributed by atoms with Gasteiger partial charge < -0.3 is 15.2 Å². The minimum atomic E-state index is -0.381. The molecule has 2 N–H and O–H groups in total. The van der Waals surface area contributed by atoms with Crippen molar-refractivity contribution in [3.05, 3.63) is 60.2 Å². The lowest BCUT2D eigenvalue weighted by Gasteiger charge is -2.21. The number of methoxy groups -OCH3 is 1. The number of amides is 1. The molecule has 1 aromatic carbocycles. The number of nitrogens with one attached hydrogen (secondary N) is 1. The van der Waals surface area contributed by atoms with Crippen LogP contribution in [0.25, 0.3) is 16.9 Å². The van der Waals surface area contributed by atoms with Crippen molar-refractivity contribution in [2.75, 3.05) is 19.0 Å². The molecule has 3 heterocycles. The molecule has 4 rings (SSSR count). The summed E-state index contributed by atoms with van der Waals surface area (Å²) >= 11 is 0. The Bertz CT molecular complexity index is 1270. The molecule has 32 heavy (non-hydrogen) atoms. The summed E-state index contributed by atoms with van der Waals surface area (Å²) < 4.78 is 8.83. The van der Waals surface area contributed by atoms with Crippen molar-refractivity contribution in [2.24, 2.45) is 5.41 Å². The fourth-order valence-electron chi connectivity index (χ4n) is 3.47. The van der Waals surface area contributed by atoms with Gasteiger partial charge in [-0.1, -0.05) is 25.5 Å². The van der Waals surface area contributed by atoms with Gasteiger partial charge in [0.2, 0.25) is 0 Å². The van der Waals surface area contributed by atoms with Gasteiger partial charge in [0.15, 0.2) is 5.65 Å². The van der Waals surface area contributed by atoms with Crippen LogP contribution in [0.5, 0.6) is 5.75 Å². The number of aliphatic hydroxyl groups is 1. The molecule has 0 aliphatic rings. The Morgan fingerprint density at radius 1 is 1.31 bits per heavy atom. The van der Waals surface area contributed by atoms with Crippen LogP contribution in [0, 0.1) is 12.3 Å². The molecule has 0 saturated carbocycles. The Hall–Kier alpha value is -3.72. The quantitative estimate of drug-likeness (QED) is 0.463. The largest absolute Gasteiger partial charge is 0.496 e. The molecule has 9 nitrogen and oxygen atoms in total. The molecule has 0 spiro atoms. The van der Waals surface area contributed by atoms with E-state index in [0.29, 0.717) is 34.9 Å². The molecule has 0 bridgehead atoms. The SMILES string of the molecule is COc1ccc(C)cc1-c1nn(CC(C)(C)CO)cc1NC(=O)c1cnn2cccnc12. The number of aliphatic hydroxyl groups excluding tert-OH is 1. The average molecular weight is 435 g/mol. The first-order valence-corrected chi connectivity index (χ1v) is 10.2. The van der Waals surface area contributed by atoms with Crippen LogP contribution < -0.4 is 10.1 Å². The summed E-state index contributed by atoms with van der Waals surface area (Å²) in [4.78, 5) is 17.4. The lowest BCUT2D eigenvalue weighted by Crippen LogP contribution is -2.24. The van der Waals surface area contributed by atoms with Crippen molar-refractivity contribution in [3.8, 4) is 17.0 Å². The number of benzene rings is 1. The van der Waals surface area contributed by atoms with Gasteiger partial charge in [0, 0.05) is 42.7 Å². The van der Waals surface area contributed by atoms with Gasteiger partial charge in [0.25, 0.3) is 5.91 Å². The van der Waals surface area contributed by atoms with Gasteiger partial charge in [-0.05, 0) is 25.1 Å². The predicted octanol–water partition coefficient (Wildman–Crippen LogP) is 3.18. The Balaban J connectivity index is 1.77. The van der Waals surface area contributed by atoms with E-state index in [0.717, 1.165) is 11.1 Å². The maximum absolute atomic E-state index is 13.1. The van der Waals surface area contributed by atoms with Crippen LogP contribution in [0.3, 0.4) is 0 Å². The fourth-order valence-corrected chi connectivity index (χ4v) is 3.47. The van der Waals surface area contributed by atoms with Crippen molar-refractivity contribution in [2.45, 2.75) is 27.3 Å². The van der Waals surface area contributed by atoms with Crippen LogP contribution in [0.1, 0.15) is 29.8 Å². The minimum absolute atomic E-state index is 0.00567. The van der Waals surface area contributed by atoms with Crippen molar-refractivity contribution >= 4 is 17.2 Å². The van der Waals surface area contributed by atoms with Crippen LogP contribution in [0.2, 0.25) is 0 Å². The van der Waals surface area contributed by atoms with Crippen molar-refractivity contribution < 1.29 is 14.6 Å². The number of fused-ring (bicyclic) bond motifs is 1. The second-order valence-electron chi connectivity index (χ2n) is 8.52. The lowest BCUT2D eigenvalue weighted by molar-refractivity contribution is 0.102. The summed E-state index contributed by atoms with van der Waals surface area (Å²) in [6.07, 6.45) is 6.61. The van der Waals surface area contributed by atoms with Crippen molar-refractivity contribution in [1.29, 1.82) is 0 Å². The second-order valence-corrected chi connectivity index (χ2v) is 8.52. The van der Waals surface area contributed by atoms with Gasteiger partial charge in [-0.2, -0.15) is 10.2 Å². The molecule has 0 unspecified atom stereocenters. The maximum Gasteiger partial charge on any atom is 0.261 e. The van der Waals surface area contributed by atoms with Crippen LogP contribution in [0.15, 0.2) is 49.1 Å². The molecule has 9 heteroatoms. The summed E-state index contributed by atoms with van der Waals surface area (Å²) in [6, 6.07) is 7.55. The molecule has 4 aromatic rings. The molecule has 0 saturated heterocycles. The van der Waals surface area contributed by atoms with Crippen LogP contribution in [0.4, 0.5) is 5.69 Å². The zero-order valence-electron chi connectivity index (χ0n) is 18.5. The second kappa shape index (κ2) is 8.43. The Labute approximate surface area is 185 Å². The van der Waals surface area contributed by atoms with Crippen LogP contribution in [-0.2, 0) is 6.54 Å². The third-order valence-electron chi connectivity index (χ3n) is 5.16. The summed E-state index contributed by atoms with van der Waals surface area (Å²) in [7, 11) is 1.60. The number of carbonyl (C=O) groups is 1. The molecular weight excluding hydrogens is 408 g/mol. The van der Waals surface area contributed by atoms with Crippen molar-refractivity contribution in [3.63, 3.8) is 0 Å². The summed E-state index contributed by atoms with van der Waals surface area (Å²) in [5.41, 5.74) is 3.36. The summed E-state index contributed by atoms with van der Waals surface area (Å²) in [6.45, 7) is 6.36. The number of hydrogen-bond donors (Lipinski definition) is 2. The highest BCUT2D eigenvalue weighted by Crippen LogP contribution is 2.35. The molecule has 0 fully saturated rings. The highest BCUT2D eigenvalue weighted by Gasteiger charge is 2.23. The number of aryl methyl sites for hydroxylation is 1. The number of nitrogens with zero attached hydrogens (tertiary/aromatic N) is 5. The van der Waals surface area contributed by atoms with E-state index in [-0.39, 0.29) is 17.9 Å². The van der Waals surface area contributed by atoms with Crippen LogP contribution >= 0.6 is 0 Å². The molecule has 166 valence electrons. The Morgan fingerprint density at radius 2 is 2.12 bits per heavy atom. The monoisotopic (exact) mass is 434 g/mol. The van der Waals surface area contributed by atoms with E-state index in [9.17, 15) is 9.90 Å². The number of rotatable bonds is 7. The highest BCUT2D eigenvalue weighted by atomic mass is 16.5. The average Bonchev–Trinajstić information content (AvgIpc) is 3.37. The Kier molecular flexibility index (Phi) is 5.67. The number of carbonyl (C=O) groups excluding carboxylic acids is 1. The van der Waals surface area contributed by atoms with Gasteiger partial charge in [-0.3, -0.25) is 9.48 Å². The number of aromatic nitrogens is 5. The van der Waals surface area contributed by atoms with Gasteiger partial charge in [-0.15, -0.1) is 0 Å². The Morgan fingerprint density at radius 3 is 2.88 bits per heavy atom. The molecule has 0 aliphatic carbocycles. The molecular formula is C23H26N6O3. The zero-order valence-corrected chi connectivity index (χ0v) is 18.5. The van der Waals surface area contributed by atoms with Gasteiger partial charge in [0.1, 0.15) is 17.0 Å². The summed E-state index contributed by atoms with van der Waals surface area (Å²) in [5, 5.41) is 21.6. The summed E-state index contributed by atoms with van der Waals surface area (Å²) in [5.74, 6) is 0.308. The van der Waals surface area contributed by atoms with E-state index >= 15 is 0 Å². The van der Waals surface area contributed by atoms with Crippen LogP contribution in [-0.4, -0.2) is 49.1 Å². The first-order chi connectivity index (χ1) is 15.3. The van der Waals surface area contributed by atoms with Crippen molar-refractivity contribution in [1.82, 2.24) is 24.4 Å². The number of hydrogen-bond acceptors (Lipinski definition) is 6. The number of anilines is 1. The number of ether oxygens (including phenoxy) is 1. The smallest absolute Gasteiger partial charge is 0.261 e. The van der Waals surface area contributed by atoms with E-state index < -0.39 is 0 Å². The van der Waals surface area contributed by atoms with E-state index in [4.69, 9.17) is 9.84 Å². The molecule has 3 aromatic heterocycles. The first-order valence-electron chi connectivity index (χ1n) is 10.2. The van der Waals surface area contributed by atoms with Gasteiger partial charge in [0.05, 0.1) is 19.0 Å². The third-order valence-corrected chi connectivity index (χ3v) is 5.16. The highest BCUT2D eigenvalue weighted by molar-refractivity contribution is 6.09. The third kappa shape index (κ3) is 4.19. The zero-order chi connectivity index (χ0) is 22.9. The lowest BCUT2D eigenvalue weighted by atomic mass is 9.95. The molecule has 1 amide bonds. The van der Waals surface area contributed by atoms with E-state index in [1.807, 2.05) is 39.0 Å². The first kappa shape index (κ1) is 21.5. The maximum atomic E-state index is 13.1. The molecule has 0 aliphatic heterocycles. The minimum Gasteiger partial charge on any atom is -0.496 e. The standard InChI is InChI=1S/C23H26N6O3/c1-15-6-7-19(32-4)16(10-15)20-18(12-28(27-20)13-23(2,3)14-30)26-22(31)17-11-25-29-9-5-8-24-21(17)29/h5-12,30H,13-14H2,1-4H3,(H,26,31). The normalized spacial score (nSPS) is 11.7. The topological polar surface area (TPSA) is 107 Å². The van der Waals surface area contributed by atoms with E-state index in [1.54, 1.807) is 41.0 Å². The van der Waals surface area contributed by atoms with E-state index in [1.165, 1.54) is 6.20 Å². The van der Waals surface area contributed by atoms with Gasteiger partial charge in [-0.25, -0.2) is 9.50 Å². The molecule has 0 radical (unpaired) electrons. The predicted molar refractivity (Wildman–Crippen MR) is 121 cm³/mol.